The van der Waals surface area contributed by atoms with Crippen LogP contribution in [0.3, 0.4) is 0 Å². The van der Waals surface area contributed by atoms with Gasteiger partial charge in [-0.15, -0.1) is 0 Å². The summed E-state index contributed by atoms with van der Waals surface area (Å²) in [6.07, 6.45) is 2.91. The molecule has 0 aliphatic carbocycles. The van der Waals surface area contributed by atoms with Crippen LogP contribution >= 0.6 is 0 Å². The zero-order chi connectivity index (χ0) is 18.7. The van der Waals surface area contributed by atoms with Crippen molar-refractivity contribution in [3.8, 4) is 0 Å². The first kappa shape index (κ1) is 21.1. The summed E-state index contributed by atoms with van der Waals surface area (Å²) >= 11 is 0. The maximum Gasteiger partial charge on any atom is 0.134 e. The molecule has 0 aromatic heterocycles. The van der Waals surface area contributed by atoms with Crippen LogP contribution in [0.25, 0.3) is 0 Å². The smallest absolute Gasteiger partial charge is 0.134 e. The van der Waals surface area contributed by atoms with E-state index in [1.165, 1.54) is 0 Å². The molecule has 2 nitrogen and oxygen atoms in total. The highest BCUT2D eigenvalue weighted by Gasteiger charge is 2.32. The fraction of sp³-hybridized carbons (Fsp3) is 0.435. The van der Waals surface area contributed by atoms with Crippen molar-refractivity contribution in [1.29, 1.82) is 0 Å². The fourth-order valence-corrected chi connectivity index (χ4v) is 3.18. The second-order valence-corrected chi connectivity index (χ2v) is 7.05. The van der Waals surface area contributed by atoms with Crippen LogP contribution in [0.1, 0.15) is 58.6 Å². The van der Waals surface area contributed by atoms with Crippen LogP contribution in [0.5, 0.6) is 0 Å². The molecule has 0 aliphatic heterocycles. The van der Waals surface area contributed by atoms with Crippen molar-refractivity contribution in [2.24, 2.45) is 0 Å². The van der Waals surface area contributed by atoms with Gasteiger partial charge >= 0.3 is 0 Å². The van der Waals surface area contributed by atoms with Gasteiger partial charge in [0, 0.05) is 12.1 Å². The summed E-state index contributed by atoms with van der Waals surface area (Å²) in [5.41, 5.74) is 1.65. The van der Waals surface area contributed by atoms with Gasteiger partial charge in [-0.2, -0.15) is 0 Å². The first-order valence-electron chi connectivity index (χ1n) is 9.29. The topological polar surface area (TPSA) is 29.1 Å². The average Bonchev–Trinajstić information content (AvgIpc) is 2.60. The minimum absolute atomic E-state index is 0.503. The molecule has 0 spiro atoms. The second-order valence-electron chi connectivity index (χ2n) is 7.05. The molecule has 0 aliphatic rings. The maximum atomic E-state index is 11.8. The monoisotopic (exact) mass is 339 g/mol. The minimum Gasteiger partial charge on any atom is -0.312 e. The third-order valence-electron chi connectivity index (χ3n) is 4.09. The SMILES string of the molecule is CC(C)NC(C)C.CCCC(C=O)(c1ccccc1)c1ccccc1. The molecule has 0 fully saturated rings. The van der Waals surface area contributed by atoms with Crippen LogP contribution in [0, 0.1) is 0 Å². The summed E-state index contributed by atoms with van der Waals surface area (Å²) in [6.45, 7) is 10.7. The molecule has 0 saturated heterocycles. The Balaban J connectivity index is 0.000000381. The summed E-state index contributed by atoms with van der Waals surface area (Å²) < 4.78 is 0. The van der Waals surface area contributed by atoms with Crippen molar-refractivity contribution in [2.45, 2.75) is 65.0 Å². The molecule has 0 atom stereocenters. The van der Waals surface area contributed by atoms with E-state index in [9.17, 15) is 4.79 Å². The molecule has 25 heavy (non-hydrogen) atoms. The number of rotatable bonds is 7. The number of hydrogen-bond donors (Lipinski definition) is 1. The van der Waals surface area contributed by atoms with E-state index in [4.69, 9.17) is 0 Å². The lowest BCUT2D eigenvalue weighted by molar-refractivity contribution is -0.111. The normalized spacial score (nSPS) is 11.2. The first-order valence-corrected chi connectivity index (χ1v) is 9.29. The minimum atomic E-state index is -0.503. The van der Waals surface area contributed by atoms with E-state index >= 15 is 0 Å². The summed E-state index contributed by atoms with van der Waals surface area (Å²) in [5, 5.41) is 3.31. The fourth-order valence-electron chi connectivity index (χ4n) is 3.18. The van der Waals surface area contributed by atoms with E-state index in [1.54, 1.807) is 0 Å². The van der Waals surface area contributed by atoms with Crippen molar-refractivity contribution in [3.63, 3.8) is 0 Å². The molecule has 2 aromatic carbocycles. The highest BCUT2D eigenvalue weighted by Crippen LogP contribution is 2.34. The van der Waals surface area contributed by atoms with Gasteiger partial charge in [0.15, 0.2) is 0 Å². The second kappa shape index (κ2) is 10.8. The Morgan fingerprint density at radius 3 is 1.48 bits per heavy atom. The van der Waals surface area contributed by atoms with Crippen molar-refractivity contribution in [1.82, 2.24) is 5.32 Å². The van der Waals surface area contributed by atoms with E-state index in [1.807, 2.05) is 60.7 Å². The summed E-state index contributed by atoms with van der Waals surface area (Å²) in [4.78, 5) is 11.8. The number of nitrogens with one attached hydrogen (secondary N) is 1. The molecule has 0 amide bonds. The highest BCUT2D eigenvalue weighted by atomic mass is 16.1. The zero-order valence-corrected chi connectivity index (χ0v) is 16.3. The van der Waals surface area contributed by atoms with Gasteiger partial charge in [-0.3, -0.25) is 0 Å². The van der Waals surface area contributed by atoms with Gasteiger partial charge in [-0.1, -0.05) is 102 Å². The lowest BCUT2D eigenvalue weighted by Crippen LogP contribution is -2.29. The molecular weight excluding hydrogens is 306 g/mol. The van der Waals surface area contributed by atoms with E-state index in [2.05, 4.69) is 39.9 Å². The molecule has 0 radical (unpaired) electrons. The molecular formula is C23H33NO. The third-order valence-corrected chi connectivity index (χ3v) is 4.09. The van der Waals surface area contributed by atoms with Crippen LogP contribution in [0.15, 0.2) is 60.7 Å². The molecule has 0 unspecified atom stereocenters. The summed E-state index contributed by atoms with van der Waals surface area (Å²) in [6, 6.07) is 21.3. The van der Waals surface area contributed by atoms with E-state index < -0.39 is 5.41 Å². The number of carbonyl (C=O) groups excluding carboxylic acids is 1. The van der Waals surface area contributed by atoms with Crippen LogP contribution in [0.4, 0.5) is 0 Å². The summed E-state index contributed by atoms with van der Waals surface area (Å²) in [5.74, 6) is 0. The van der Waals surface area contributed by atoms with Gasteiger partial charge in [-0.05, 0) is 17.5 Å². The predicted molar refractivity (Wildman–Crippen MR) is 108 cm³/mol. The Hall–Kier alpha value is -1.93. The number of carbonyl (C=O) groups is 1. The predicted octanol–water partition coefficient (Wildman–Crippen LogP) is 5.36. The maximum absolute atomic E-state index is 11.8. The van der Waals surface area contributed by atoms with Gasteiger partial charge < -0.3 is 10.1 Å². The molecule has 0 saturated carbocycles. The van der Waals surface area contributed by atoms with Gasteiger partial charge in [-0.25, -0.2) is 0 Å². The van der Waals surface area contributed by atoms with Crippen LogP contribution < -0.4 is 5.32 Å². The average molecular weight is 340 g/mol. The van der Waals surface area contributed by atoms with Crippen LogP contribution in [0.2, 0.25) is 0 Å². The van der Waals surface area contributed by atoms with Gasteiger partial charge in [0.25, 0.3) is 0 Å². The van der Waals surface area contributed by atoms with Crippen molar-refractivity contribution < 1.29 is 4.79 Å². The Morgan fingerprint density at radius 2 is 1.24 bits per heavy atom. The molecule has 1 N–H and O–H groups in total. The molecule has 0 bridgehead atoms. The van der Waals surface area contributed by atoms with Crippen LogP contribution in [-0.2, 0) is 10.2 Å². The lowest BCUT2D eigenvalue weighted by Gasteiger charge is -2.29. The van der Waals surface area contributed by atoms with E-state index in [0.717, 1.165) is 30.3 Å². The Kier molecular flexibility index (Phi) is 9.15. The third kappa shape index (κ3) is 6.47. The standard InChI is InChI=1S/C17H18O.C6H15N/c1-2-13-17(14-18,15-9-5-3-6-10-15)16-11-7-4-8-12-16;1-5(2)7-6(3)4/h3-12,14H,2,13H2,1H3;5-7H,1-4H3. The van der Waals surface area contributed by atoms with Crippen molar-refractivity contribution >= 4 is 6.29 Å². The quantitative estimate of drug-likeness (QED) is 0.688. The zero-order valence-electron chi connectivity index (χ0n) is 16.3. The Bertz CT molecular complexity index is 545. The Labute approximate surface area is 153 Å². The Morgan fingerprint density at radius 1 is 0.840 bits per heavy atom. The number of benzene rings is 2. The number of aldehydes is 1. The summed E-state index contributed by atoms with van der Waals surface area (Å²) in [7, 11) is 0. The largest absolute Gasteiger partial charge is 0.312 e. The van der Waals surface area contributed by atoms with Gasteiger partial charge in [0.1, 0.15) is 6.29 Å². The van der Waals surface area contributed by atoms with E-state index in [0.29, 0.717) is 12.1 Å². The van der Waals surface area contributed by atoms with E-state index in [-0.39, 0.29) is 0 Å². The first-order chi connectivity index (χ1) is 12.0. The molecule has 2 heteroatoms. The lowest BCUT2D eigenvalue weighted by atomic mass is 9.72. The van der Waals surface area contributed by atoms with Crippen molar-refractivity contribution in [3.05, 3.63) is 71.8 Å². The van der Waals surface area contributed by atoms with Gasteiger partial charge in [0.05, 0.1) is 5.41 Å². The van der Waals surface area contributed by atoms with Crippen LogP contribution in [-0.4, -0.2) is 18.4 Å². The number of hydrogen-bond acceptors (Lipinski definition) is 2. The highest BCUT2D eigenvalue weighted by molar-refractivity contribution is 5.75. The van der Waals surface area contributed by atoms with Gasteiger partial charge in [0.2, 0.25) is 0 Å². The molecule has 2 rings (SSSR count). The molecule has 136 valence electrons. The van der Waals surface area contributed by atoms with Crippen molar-refractivity contribution in [2.75, 3.05) is 0 Å². The molecule has 0 heterocycles. The molecule has 2 aromatic rings.